The Morgan fingerprint density at radius 3 is 2.14 bits per heavy atom. The summed E-state index contributed by atoms with van der Waals surface area (Å²) in [5.74, 6) is -0.464. The van der Waals surface area contributed by atoms with E-state index in [0.717, 1.165) is 11.1 Å². The summed E-state index contributed by atoms with van der Waals surface area (Å²) in [6.07, 6.45) is 0.943. The number of rotatable bonds is 6. The van der Waals surface area contributed by atoms with Crippen molar-refractivity contribution in [3.05, 3.63) is 71.3 Å². The Kier molecular flexibility index (Phi) is 5.64. The first-order chi connectivity index (χ1) is 10.5. The van der Waals surface area contributed by atoms with Crippen molar-refractivity contribution < 1.29 is 13.6 Å². The third kappa shape index (κ3) is 4.95. The van der Waals surface area contributed by atoms with Crippen LogP contribution in [0.25, 0.3) is 0 Å². The van der Waals surface area contributed by atoms with Crippen LogP contribution in [0.1, 0.15) is 30.4 Å². The zero-order valence-electron chi connectivity index (χ0n) is 12.5. The molecular formula is C18H19F2NO. The van der Waals surface area contributed by atoms with Gasteiger partial charge in [0.25, 0.3) is 0 Å². The van der Waals surface area contributed by atoms with E-state index in [-0.39, 0.29) is 23.5 Å². The monoisotopic (exact) mass is 303 g/mol. The van der Waals surface area contributed by atoms with Crippen molar-refractivity contribution in [2.45, 2.75) is 25.7 Å². The standard InChI is InChI=1S/C18H19F2NO/c1-13(15-5-9-17(20)10-6-15)12-21-18(22)11-4-14-2-7-16(19)8-3-14/h2-3,5-10,13H,4,11-12H2,1H3,(H,21,22). The number of hydrogen-bond donors (Lipinski definition) is 1. The molecule has 1 unspecified atom stereocenters. The fourth-order valence-corrected chi connectivity index (χ4v) is 2.17. The van der Waals surface area contributed by atoms with Gasteiger partial charge in [0.05, 0.1) is 0 Å². The second kappa shape index (κ2) is 7.69. The topological polar surface area (TPSA) is 29.1 Å². The van der Waals surface area contributed by atoms with Crippen molar-refractivity contribution in [2.75, 3.05) is 6.54 Å². The molecule has 0 bridgehead atoms. The molecule has 0 aliphatic rings. The van der Waals surface area contributed by atoms with Crippen LogP contribution in [-0.4, -0.2) is 12.5 Å². The first-order valence-electron chi connectivity index (χ1n) is 7.31. The number of benzene rings is 2. The van der Waals surface area contributed by atoms with Crippen molar-refractivity contribution in [1.29, 1.82) is 0 Å². The number of halogens is 2. The average Bonchev–Trinajstić information content (AvgIpc) is 2.52. The molecule has 1 N–H and O–H groups in total. The van der Waals surface area contributed by atoms with Gasteiger partial charge in [0, 0.05) is 13.0 Å². The van der Waals surface area contributed by atoms with E-state index >= 15 is 0 Å². The van der Waals surface area contributed by atoms with Gasteiger partial charge in [-0.3, -0.25) is 4.79 Å². The molecule has 0 heterocycles. The first kappa shape index (κ1) is 16.1. The van der Waals surface area contributed by atoms with Crippen LogP contribution in [0.2, 0.25) is 0 Å². The number of aryl methyl sites for hydroxylation is 1. The molecule has 22 heavy (non-hydrogen) atoms. The summed E-state index contributed by atoms with van der Waals surface area (Å²) in [6.45, 7) is 2.49. The van der Waals surface area contributed by atoms with Crippen LogP contribution in [0.15, 0.2) is 48.5 Å². The van der Waals surface area contributed by atoms with Gasteiger partial charge < -0.3 is 5.32 Å². The molecule has 0 saturated heterocycles. The highest BCUT2D eigenvalue weighted by Crippen LogP contribution is 2.14. The molecule has 2 aromatic carbocycles. The maximum Gasteiger partial charge on any atom is 0.220 e. The molecule has 4 heteroatoms. The summed E-state index contributed by atoms with van der Waals surface area (Å²) in [4.78, 5) is 11.8. The Morgan fingerprint density at radius 1 is 1.00 bits per heavy atom. The third-order valence-electron chi connectivity index (χ3n) is 3.60. The maximum atomic E-state index is 12.9. The van der Waals surface area contributed by atoms with Crippen molar-refractivity contribution in [2.24, 2.45) is 0 Å². The zero-order valence-corrected chi connectivity index (χ0v) is 12.5. The Labute approximate surface area is 129 Å². The SMILES string of the molecule is CC(CNC(=O)CCc1ccc(F)cc1)c1ccc(F)cc1. The van der Waals surface area contributed by atoms with Gasteiger partial charge in [0.1, 0.15) is 11.6 Å². The van der Waals surface area contributed by atoms with Gasteiger partial charge in [-0.15, -0.1) is 0 Å². The normalized spacial score (nSPS) is 12.0. The summed E-state index contributed by atoms with van der Waals surface area (Å²) < 4.78 is 25.6. The Morgan fingerprint density at radius 2 is 1.55 bits per heavy atom. The average molecular weight is 303 g/mol. The van der Waals surface area contributed by atoms with Crippen LogP contribution < -0.4 is 5.32 Å². The van der Waals surface area contributed by atoms with Crippen LogP contribution >= 0.6 is 0 Å². The number of nitrogens with one attached hydrogen (secondary N) is 1. The quantitative estimate of drug-likeness (QED) is 0.863. The van der Waals surface area contributed by atoms with E-state index in [4.69, 9.17) is 0 Å². The lowest BCUT2D eigenvalue weighted by atomic mass is 10.0. The van der Waals surface area contributed by atoms with Crippen molar-refractivity contribution in [1.82, 2.24) is 5.32 Å². The highest BCUT2D eigenvalue weighted by Gasteiger charge is 2.08. The predicted molar refractivity (Wildman–Crippen MR) is 82.5 cm³/mol. The Hall–Kier alpha value is -2.23. The molecule has 0 radical (unpaired) electrons. The minimum Gasteiger partial charge on any atom is -0.355 e. The highest BCUT2D eigenvalue weighted by molar-refractivity contribution is 5.76. The van der Waals surface area contributed by atoms with Gasteiger partial charge in [-0.25, -0.2) is 8.78 Å². The largest absolute Gasteiger partial charge is 0.355 e. The first-order valence-corrected chi connectivity index (χ1v) is 7.31. The van der Waals surface area contributed by atoms with Crippen LogP contribution in [0.4, 0.5) is 8.78 Å². The summed E-state index contributed by atoms with van der Waals surface area (Å²) in [5, 5.41) is 2.87. The fourth-order valence-electron chi connectivity index (χ4n) is 2.17. The summed E-state index contributed by atoms with van der Waals surface area (Å²) in [5.41, 5.74) is 1.92. The molecule has 2 aromatic rings. The summed E-state index contributed by atoms with van der Waals surface area (Å²) in [7, 11) is 0. The number of hydrogen-bond acceptors (Lipinski definition) is 1. The second-order valence-electron chi connectivity index (χ2n) is 5.38. The molecule has 0 aliphatic carbocycles. The van der Waals surface area contributed by atoms with Gasteiger partial charge in [-0.1, -0.05) is 31.2 Å². The fraction of sp³-hybridized carbons (Fsp3) is 0.278. The molecule has 0 spiro atoms. The number of carbonyl (C=O) groups is 1. The lowest BCUT2D eigenvalue weighted by Gasteiger charge is -2.13. The molecule has 0 aromatic heterocycles. The lowest BCUT2D eigenvalue weighted by molar-refractivity contribution is -0.121. The van der Waals surface area contributed by atoms with E-state index in [1.807, 2.05) is 6.92 Å². The van der Waals surface area contributed by atoms with E-state index in [1.165, 1.54) is 24.3 Å². The third-order valence-corrected chi connectivity index (χ3v) is 3.60. The van der Waals surface area contributed by atoms with Crippen molar-refractivity contribution in [3.8, 4) is 0 Å². The van der Waals surface area contributed by atoms with Gasteiger partial charge in [0.15, 0.2) is 0 Å². The van der Waals surface area contributed by atoms with Crippen LogP contribution in [0, 0.1) is 11.6 Å². The maximum absolute atomic E-state index is 12.9. The summed E-state index contributed by atoms with van der Waals surface area (Å²) in [6, 6.07) is 12.4. The molecule has 1 atom stereocenters. The van der Waals surface area contributed by atoms with Crippen molar-refractivity contribution in [3.63, 3.8) is 0 Å². The van der Waals surface area contributed by atoms with Crippen LogP contribution in [0.3, 0.4) is 0 Å². The molecular weight excluding hydrogens is 284 g/mol. The van der Waals surface area contributed by atoms with E-state index in [0.29, 0.717) is 19.4 Å². The van der Waals surface area contributed by atoms with E-state index in [2.05, 4.69) is 5.32 Å². The molecule has 0 fully saturated rings. The molecule has 0 saturated carbocycles. The lowest BCUT2D eigenvalue weighted by Crippen LogP contribution is -2.27. The van der Waals surface area contributed by atoms with E-state index in [9.17, 15) is 13.6 Å². The number of amides is 1. The van der Waals surface area contributed by atoms with E-state index in [1.54, 1.807) is 24.3 Å². The van der Waals surface area contributed by atoms with Gasteiger partial charge >= 0.3 is 0 Å². The Bertz CT molecular complexity index is 608. The minimum absolute atomic E-state index is 0.0433. The molecule has 0 aliphatic heterocycles. The molecule has 2 rings (SSSR count). The van der Waals surface area contributed by atoms with Crippen molar-refractivity contribution >= 4 is 5.91 Å². The minimum atomic E-state index is -0.277. The van der Waals surface area contributed by atoms with E-state index < -0.39 is 0 Å². The molecule has 116 valence electrons. The van der Waals surface area contributed by atoms with Gasteiger partial charge in [0.2, 0.25) is 5.91 Å². The van der Waals surface area contributed by atoms with Gasteiger partial charge in [-0.05, 0) is 47.7 Å². The van der Waals surface area contributed by atoms with Gasteiger partial charge in [-0.2, -0.15) is 0 Å². The molecule has 2 nitrogen and oxygen atoms in total. The Balaban J connectivity index is 1.75. The van der Waals surface area contributed by atoms with Crippen LogP contribution in [-0.2, 0) is 11.2 Å². The summed E-state index contributed by atoms with van der Waals surface area (Å²) >= 11 is 0. The number of carbonyl (C=O) groups excluding carboxylic acids is 1. The zero-order chi connectivity index (χ0) is 15.9. The predicted octanol–water partition coefficient (Wildman–Crippen LogP) is 3.82. The highest BCUT2D eigenvalue weighted by atomic mass is 19.1. The van der Waals surface area contributed by atoms with Crippen LogP contribution in [0.5, 0.6) is 0 Å². The smallest absolute Gasteiger partial charge is 0.220 e. The second-order valence-corrected chi connectivity index (χ2v) is 5.38. The molecule has 1 amide bonds.